The van der Waals surface area contributed by atoms with Crippen LogP contribution in [0, 0.1) is 10.8 Å². The molecule has 0 aliphatic carbocycles. The molecule has 0 aromatic carbocycles. The molecule has 4 rings (SSSR count). The summed E-state index contributed by atoms with van der Waals surface area (Å²) in [5.41, 5.74) is -3.06. The van der Waals surface area contributed by atoms with Gasteiger partial charge in [-0.15, -0.1) is 0 Å². The predicted octanol–water partition coefficient (Wildman–Crippen LogP) is 6.32. The van der Waals surface area contributed by atoms with Gasteiger partial charge in [0, 0.05) is 25.5 Å². The van der Waals surface area contributed by atoms with Gasteiger partial charge in [0.15, 0.2) is 16.6 Å². The van der Waals surface area contributed by atoms with Gasteiger partial charge in [0.05, 0.1) is 23.5 Å². The lowest BCUT2D eigenvalue weighted by atomic mass is 9.54. The van der Waals surface area contributed by atoms with Crippen molar-refractivity contribution in [2.24, 2.45) is 10.8 Å². The van der Waals surface area contributed by atoms with Gasteiger partial charge in [-0.3, -0.25) is 34.2 Å². The Labute approximate surface area is 262 Å². The molecule has 2 bridgehead atoms. The van der Waals surface area contributed by atoms with Crippen LogP contribution in [0.1, 0.15) is 114 Å². The van der Waals surface area contributed by atoms with Crippen molar-refractivity contribution in [2.45, 2.75) is 103 Å². The summed E-state index contributed by atoms with van der Waals surface area (Å²) in [5.74, 6) is -3.32. The molecular weight excluding hydrogens is 556 g/mol. The number of carbonyl (C=O) groups is 3. The molecule has 2 fully saturated rings. The minimum Gasteiger partial charge on any atom is -0.480 e. The van der Waals surface area contributed by atoms with Gasteiger partial charge < -0.3 is 10.2 Å². The predicted molar refractivity (Wildman–Crippen MR) is 169 cm³/mol. The lowest BCUT2D eigenvalue weighted by Crippen LogP contribution is -2.75. The number of ketones is 1. The van der Waals surface area contributed by atoms with E-state index in [0.29, 0.717) is 24.5 Å². The minimum atomic E-state index is -2.00. The molecule has 2 aromatic heterocycles. The van der Waals surface area contributed by atoms with E-state index in [1.54, 1.807) is 48.8 Å². The molecule has 2 aliphatic heterocycles. The van der Waals surface area contributed by atoms with Crippen molar-refractivity contribution in [2.75, 3.05) is 26.2 Å². The number of likely N-dealkylation sites (tertiary alicyclic amines) is 2. The lowest BCUT2D eigenvalue weighted by molar-refractivity contribution is -0.203. The molecule has 0 amide bonds. The summed E-state index contributed by atoms with van der Waals surface area (Å²) in [6.07, 6.45) is 15.7. The van der Waals surface area contributed by atoms with Crippen LogP contribution in [0.25, 0.3) is 0 Å². The van der Waals surface area contributed by atoms with Gasteiger partial charge >= 0.3 is 11.9 Å². The number of pyridine rings is 2. The van der Waals surface area contributed by atoms with Crippen LogP contribution >= 0.6 is 0 Å². The zero-order chi connectivity index (χ0) is 31.6. The van der Waals surface area contributed by atoms with E-state index in [0.717, 1.165) is 70.6 Å². The van der Waals surface area contributed by atoms with E-state index in [9.17, 15) is 24.6 Å². The number of carbonyl (C=O) groups excluding carboxylic acids is 1. The average Bonchev–Trinajstić information content (AvgIpc) is 3.02. The quantitative estimate of drug-likeness (QED) is 0.148. The summed E-state index contributed by atoms with van der Waals surface area (Å²) < 4.78 is 0. The lowest BCUT2D eigenvalue weighted by Gasteiger charge is -2.61. The van der Waals surface area contributed by atoms with Crippen LogP contribution in [0.2, 0.25) is 0 Å². The van der Waals surface area contributed by atoms with E-state index in [-0.39, 0.29) is 13.1 Å². The van der Waals surface area contributed by atoms with Crippen LogP contribution in [-0.4, -0.2) is 73.9 Å². The second-order valence-electron chi connectivity index (χ2n) is 12.7. The number of fused-ring (bicyclic) bond motifs is 2. The van der Waals surface area contributed by atoms with Crippen LogP contribution in [0.4, 0.5) is 0 Å². The highest BCUT2D eigenvalue weighted by Crippen LogP contribution is 2.60. The van der Waals surface area contributed by atoms with Crippen molar-refractivity contribution in [3.8, 4) is 0 Å². The molecule has 2 N–H and O–H groups in total. The molecule has 2 aromatic rings. The number of hydrogen-bond acceptors (Lipinski definition) is 7. The highest BCUT2D eigenvalue weighted by molar-refractivity contribution is 6.17. The molecule has 0 spiro atoms. The van der Waals surface area contributed by atoms with Crippen molar-refractivity contribution in [1.82, 2.24) is 19.8 Å². The number of Topliss-reactive ketones (excluding diaryl/α,β-unsaturated/α-hetero) is 1. The van der Waals surface area contributed by atoms with Gasteiger partial charge in [0.25, 0.3) is 0 Å². The van der Waals surface area contributed by atoms with Crippen molar-refractivity contribution in [3.05, 3.63) is 60.2 Å². The summed E-state index contributed by atoms with van der Waals surface area (Å²) in [4.78, 5) is 55.1. The van der Waals surface area contributed by atoms with Gasteiger partial charge in [-0.1, -0.05) is 90.2 Å². The third kappa shape index (κ3) is 6.74. The number of unbranched alkanes of at least 4 members (excludes halogenated alkanes) is 10. The first-order valence-electron chi connectivity index (χ1n) is 16.7. The number of carboxylic acid groups (broad SMARTS) is 2. The Morgan fingerprint density at radius 3 is 1.55 bits per heavy atom. The maximum Gasteiger partial charge on any atom is 0.320 e. The summed E-state index contributed by atoms with van der Waals surface area (Å²) >= 11 is 0. The Balaban J connectivity index is 1.83. The Morgan fingerprint density at radius 2 is 1.14 bits per heavy atom. The molecule has 44 heavy (non-hydrogen) atoms. The second kappa shape index (κ2) is 15.7. The molecule has 0 radical (unpaired) electrons. The fourth-order valence-corrected chi connectivity index (χ4v) is 7.53. The van der Waals surface area contributed by atoms with E-state index < -0.39 is 40.6 Å². The Kier molecular flexibility index (Phi) is 12.0. The van der Waals surface area contributed by atoms with E-state index in [1.807, 2.05) is 9.80 Å². The third-order valence-electron chi connectivity index (χ3n) is 9.65. The molecule has 9 heteroatoms. The van der Waals surface area contributed by atoms with E-state index in [2.05, 4.69) is 23.8 Å². The van der Waals surface area contributed by atoms with E-state index in [1.165, 1.54) is 6.42 Å². The molecule has 2 aliphatic rings. The van der Waals surface area contributed by atoms with Crippen LogP contribution in [0.5, 0.6) is 0 Å². The number of rotatable bonds is 18. The highest BCUT2D eigenvalue weighted by atomic mass is 16.4. The van der Waals surface area contributed by atoms with Gasteiger partial charge in [-0.25, -0.2) is 0 Å². The van der Waals surface area contributed by atoms with Crippen molar-refractivity contribution in [3.63, 3.8) is 0 Å². The molecule has 2 saturated heterocycles. The first kappa shape index (κ1) is 33.7. The molecule has 0 saturated carbocycles. The van der Waals surface area contributed by atoms with Gasteiger partial charge in [-0.2, -0.15) is 0 Å². The van der Waals surface area contributed by atoms with E-state index in [4.69, 9.17) is 0 Å². The summed E-state index contributed by atoms with van der Waals surface area (Å²) in [5, 5.41) is 22.1. The van der Waals surface area contributed by atoms with Crippen molar-refractivity contribution in [1.29, 1.82) is 0 Å². The maximum absolute atomic E-state index is 14.8. The van der Waals surface area contributed by atoms with E-state index >= 15 is 0 Å². The van der Waals surface area contributed by atoms with Gasteiger partial charge in [0.1, 0.15) is 0 Å². The SMILES string of the molecule is CCCCCCCCN1CC2(C(=O)O)C(=O)C(C(=O)O)(C1)C(c1ccccn1)N(CCCCCCCC)C2c1ccccn1. The zero-order valence-electron chi connectivity index (χ0n) is 26.5. The topological polar surface area (TPSA) is 124 Å². The van der Waals surface area contributed by atoms with Crippen LogP contribution in [-0.2, 0) is 14.4 Å². The third-order valence-corrected chi connectivity index (χ3v) is 9.65. The standard InChI is InChI=1S/C35H50N4O5/c1-3-5-7-9-11-17-23-38-25-34(32(41)42)29(27-19-13-15-21-36-27)39(24-18-12-10-8-6-4-2)30(28-20-14-16-22-37-28)35(26-38,31(34)40)33(43)44/h13-16,19-22,29-30H,3-12,17-18,23-26H2,1-2H3,(H,41,42)(H,43,44). The number of nitrogens with zero attached hydrogens (tertiary/aromatic N) is 4. The Morgan fingerprint density at radius 1 is 0.705 bits per heavy atom. The number of carboxylic acids is 2. The van der Waals surface area contributed by atoms with Gasteiger partial charge in [-0.05, 0) is 50.2 Å². The van der Waals surface area contributed by atoms with Crippen LogP contribution in [0.3, 0.4) is 0 Å². The summed E-state index contributed by atoms with van der Waals surface area (Å²) in [6, 6.07) is 8.78. The average molecular weight is 607 g/mol. The molecular formula is C35H50N4O5. The molecule has 240 valence electrons. The number of aromatic nitrogens is 2. The molecule has 4 heterocycles. The Bertz CT molecular complexity index is 1150. The fourth-order valence-electron chi connectivity index (χ4n) is 7.53. The smallest absolute Gasteiger partial charge is 0.320 e. The van der Waals surface area contributed by atoms with Crippen LogP contribution in [0.15, 0.2) is 48.8 Å². The Hall–Kier alpha value is -3.17. The largest absolute Gasteiger partial charge is 0.480 e. The zero-order valence-corrected chi connectivity index (χ0v) is 26.5. The normalized spacial score (nSPS) is 25.6. The first-order valence-corrected chi connectivity index (χ1v) is 16.7. The van der Waals surface area contributed by atoms with Gasteiger partial charge in [0.2, 0.25) is 0 Å². The number of piperidine rings is 2. The molecule has 4 unspecified atom stereocenters. The first-order chi connectivity index (χ1) is 21.3. The highest BCUT2D eigenvalue weighted by Gasteiger charge is 2.75. The fraction of sp³-hybridized carbons (Fsp3) is 0.629. The van der Waals surface area contributed by atoms with Crippen molar-refractivity contribution >= 4 is 17.7 Å². The van der Waals surface area contributed by atoms with Crippen molar-refractivity contribution < 1.29 is 24.6 Å². The summed E-state index contributed by atoms with van der Waals surface area (Å²) in [7, 11) is 0. The molecule has 4 atom stereocenters. The summed E-state index contributed by atoms with van der Waals surface area (Å²) in [6.45, 7) is 5.22. The number of hydrogen-bond donors (Lipinski definition) is 2. The molecule has 9 nitrogen and oxygen atoms in total. The monoisotopic (exact) mass is 606 g/mol. The maximum atomic E-state index is 14.8. The van der Waals surface area contributed by atoms with Crippen LogP contribution < -0.4 is 0 Å². The minimum absolute atomic E-state index is 0.0473. The number of aliphatic carboxylic acids is 2. The second-order valence-corrected chi connectivity index (χ2v) is 12.7.